The van der Waals surface area contributed by atoms with Crippen molar-refractivity contribution in [1.82, 2.24) is 5.32 Å². The third-order valence-electron chi connectivity index (χ3n) is 3.18. The largest absolute Gasteiger partial charge is 0.377 e. The fraction of sp³-hybridized carbons (Fsp3) is 1.00. The maximum atomic E-state index is 5.79. The molecule has 0 aromatic carbocycles. The van der Waals surface area contributed by atoms with Gasteiger partial charge in [0.05, 0.1) is 12.7 Å². The van der Waals surface area contributed by atoms with Gasteiger partial charge in [-0.1, -0.05) is 46.0 Å². The molecule has 1 N–H and O–H groups in total. The van der Waals surface area contributed by atoms with Crippen LogP contribution in [0.25, 0.3) is 0 Å². The monoisotopic (exact) mass is 243 g/mol. The van der Waals surface area contributed by atoms with Crippen molar-refractivity contribution < 1.29 is 4.74 Å². The summed E-state index contributed by atoms with van der Waals surface area (Å²) >= 11 is 0. The van der Waals surface area contributed by atoms with Crippen LogP contribution in [0, 0.1) is 0 Å². The Labute approximate surface area is 109 Å². The first-order chi connectivity index (χ1) is 8.20. The van der Waals surface area contributed by atoms with Gasteiger partial charge in [0.25, 0.3) is 0 Å². The zero-order chi connectivity index (χ0) is 12.9. The molecule has 0 rings (SSSR count). The molecule has 2 heteroatoms. The second kappa shape index (κ2) is 12.4. The lowest BCUT2D eigenvalue weighted by molar-refractivity contribution is 0.0593. The Balaban J connectivity index is 3.23. The summed E-state index contributed by atoms with van der Waals surface area (Å²) < 4.78 is 5.79. The predicted molar refractivity (Wildman–Crippen MR) is 76.5 cm³/mol. The summed E-state index contributed by atoms with van der Waals surface area (Å²) in [6.45, 7) is 10.8. The molecule has 0 aliphatic heterocycles. The average molecular weight is 243 g/mol. The fourth-order valence-electron chi connectivity index (χ4n) is 2.04. The molecule has 0 saturated carbocycles. The summed E-state index contributed by atoms with van der Waals surface area (Å²) in [5.74, 6) is 0. The van der Waals surface area contributed by atoms with Crippen molar-refractivity contribution in [2.45, 2.75) is 84.8 Å². The Morgan fingerprint density at radius 1 is 0.941 bits per heavy atom. The van der Waals surface area contributed by atoms with Crippen molar-refractivity contribution in [2.75, 3.05) is 13.2 Å². The molecule has 0 radical (unpaired) electrons. The third-order valence-corrected chi connectivity index (χ3v) is 3.18. The molecule has 0 aliphatic rings. The maximum absolute atomic E-state index is 5.79. The lowest BCUT2D eigenvalue weighted by atomic mass is 10.1. The van der Waals surface area contributed by atoms with Gasteiger partial charge in [-0.3, -0.25) is 0 Å². The molecule has 0 spiro atoms. The molecule has 0 bridgehead atoms. The summed E-state index contributed by atoms with van der Waals surface area (Å²) in [6.07, 6.45) is 9.50. The van der Waals surface area contributed by atoms with Gasteiger partial charge in [0.15, 0.2) is 0 Å². The van der Waals surface area contributed by atoms with Gasteiger partial charge >= 0.3 is 0 Å². The van der Waals surface area contributed by atoms with Gasteiger partial charge in [0.2, 0.25) is 0 Å². The summed E-state index contributed by atoms with van der Waals surface area (Å²) in [5.41, 5.74) is 0. The van der Waals surface area contributed by atoms with Gasteiger partial charge in [-0.15, -0.1) is 0 Å². The van der Waals surface area contributed by atoms with Crippen LogP contribution in [0.3, 0.4) is 0 Å². The maximum Gasteiger partial charge on any atom is 0.0594 e. The Morgan fingerprint density at radius 2 is 1.71 bits per heavy atom. The summed E-state index contributed by atoms with van der Waals surface area (Å²) in [7, 11) is 0. The molecule has 17 heavy (non-hydrogen) atoms. The minimum atomic E-state index is 0.426. The smallest absolute Gasteiger partial charge is 0.0594 e. The van der Waals surface area contributed by atoms with Gasteiger partial charge in [-0.05, 0) is 26.7 Å². The van der Waals surface area contributed by atoms with Crippen LogP contribution in [0.4, 0.5) is 0 Å². The first-order valence-corrected chi connectivity index (χ1v) is 7.55. The Bertz CT molecular complexity index is 150. The van der Waals surface area contributed by atoms with Crippen LogP contribution in [-0.4, -0.2) is 25.3 Å². The number of ether oxygens (including phenoxy) is 1. The molecule has 0 fully saturated rings. The van der Waals surface area contributed by atoms with Crippen LogP contribution >= 0.6 is 0 Å². The molecule has 104 valence electrons. The topological polar surface area (TPSA) is 21.3 Å². The van der Waals surface area contributed by atoms with Crippen LogP contribution in [-0.2, 0) is 4.74 Å². The van der Waals surface area contributed by atoms with Gasteiger partial charge < -0.3 is 10.1 Å². The Morgan fingerprint density at radius 3 is 2.35 bits per heavy atom. The second-order valence-electron chi connectivity index (χ2n) is 5.17. The first-order valence-electron chi connectivity index (χ1n) is 7.55. The molecule has 0 heterocycles. The van der Waals surface area contributed by atoms with Crippen molar-refractivity contribution in [3.05, 3.63) is 0 Å². The Kier molecular flexibility index (Phi) is 12.3. The fourth-order valence-corrected chi connectivity index (χ4v) is 2.04. The van der Waals surface area contributed by atoms with E-state index in [1.54, 1.807) is 0 Å². The second-order valence-corrected chi connectivity index (χ2v) is 5.17. The molecule has 0 amide bonds. The van der Waals surface area contributed by atoms with E-state index in [-0.39, 0.29) is 0 Å². The van der Waals surface area contributed by atoms with Crippen molar-refractivity contribution >= 4 is 0 Å². The molecule has 0 aromatic rings. The number of hydrogen-bond donors (Lipinski definition) is 1. The van der Waals surface area contributed by atoms with E-state index >= 15 is 0 Å². The van der Waals surface area contributed by atoms with Crippen LogP contribution < -0.4 is 5.32 Å². The van der Waals surface area contributed by atoms with Crippen molar-refractivity contribution in [3.8, 4) is 0 Å². The summed E-state index contributed by atoms with van der Waals surface area (Å²) in [6, 6.07) is 0.628. The van der Waals surface area contributed by atoms with Crippen molar-refractivity contribution in [3.63, 3.8) is 0 Å². The summed E-state index contributed by atoms with van der Waals surface area (Å²) in [5, 5.41) is 3.49. The molecule has 2 nitrogen and oxygen atoms in total. The lowest BCUT2D eigenvalue weighted by Gasteiger charge is -2.16. The van der Waals surface area contributed by atoms with Gasteiger partial charge in [-0.25, -0.2) is 0 Å². The van der Waals surface area contributed by atoms with Gasteiger partial charge in [-0.2, -0.15) is 0 Å². The van der Waals surface area contributed by atoms with Gasteiger partial charge in [0, 0.05) is 12.6 Å². The zero-order valence-corrected chi connectivity index (χ0v) is 12.4. The van der Waals surface area contributed by atoms with Crippen molar-refractivity contribution in [2.24, 2.45) is 0 Å². The quantitative estimate of drug-likeness (QED) is 0.520. The molecule has 0 aromatic heterocycles. The van der Waals surface area contributed by atoms with E-state index in [1.807, 2.05) is 0 Å². The van der Waals surface area contributed by atoms with E-state index in [0.29, 0.717) is 12.1 Å². The molecular formula is C15H33NO. The number of unbranched alkanes of at least 4 members (excludes halogenated alkanes) is 3. The molecule has 0 aliphatic carbocycles. The molecule has 2 atom stereocenters. The minimum Gasteiger partial charge on any atom is -0.377 e. The highest BCUT2D eigenvalue weighted by atomic mass is 16.5. The standard InChI is InChI=1S/C15H33NO/c1-5-7-8-9-11-15(4)17-13-12-16-14(3)10-6-2/h14-16H,5-13H2,1-4H3. The average Bonchev–Trinajstić information content (AvgIpc) is 2.31. The normalized spacial score (nSPS) is 14.8. The Hall–Kier alpha value is -0.0800. The molecule has 0 saturated heterocycles. The van der Waals surface area contributed by atoms with Crippen molar-refractivity contribution in [1.29, 1.82) is 0 Å². The predicted octanol–water partition coefficient (Wildman–Crippen LogP) is 4.14. The SMILES string of the molecule is CCCCCCC(C)OCCNC(C)CCC. The van der Waals surface area contributed by atoms with E-state index in [4.69, 9.17) is 4.74 Å². The highest BCUT2D eigenvalue weighted by Crippen LogP contribution is 2.07. The molecular weight excluding hydrogens is 210 g/mol. The number of nitrogens with one attached hydrogen (secondary N) is 1. The van der Waals surface area contributed by atoms with E-state index in [2.05, 4.69) is 33.0 Å². The van der Waals surface area contributed by atoms with Gasteiger partial charge in [0.1, 0.15) is 0 Å². The number of rotatable bonds is 12. The van der Waals surface area contributed by atoms with Crippen LogP contribution in [0.1, 0.15) is 72.6 Å². The van der Waals surface area contributed by atoms with E-state index in [9.17, 15) is 0 Å². The van der Waals surface area contributed by atoms with E-state index in [1.165, 1.54) is 44.9 Å². The lowest BCUT2D eigenvalue weighted by Crippen LogP contribution is -2.30. The highest BCUT2D eigenvalue weighted by Gasteiger charge is 2.02. The summed E-state index contributed by atoms with van der Waals surface area (Å²) in [4.78, 5) is 0. The number of hydrogen-bond acceptors (Lipinski definition) is 2. The zero-order valence-electron chi connectivity index (χ0n) is 12.4. The van der Waals surface area contributed by atoms with E-state index in [0.717, 1.165) is 13.2 Å². The highest BCUT2D eigenvalue weighted by molar-refractivity contribution is 4.59. The molecule has 2 unspecified atom stereocenters. The van der Waals surface area contributed by atoms with E-state index < -0.39 is 0 Å². The van der Waals surface area contributed by atoms with Crippen LogP contribution in [0.15, 0.2) is 0 Å². The minimum absolute atomic E-state index is 0.426. The van der Waals surface area contributed by atoms with Crippen LogP contribution in [0.2, 0.25) is 0 Å². The van der Waals surface area contributed by atoms with Crippen LogP contribution in [0.5, 0.6) is 0 Å². The first kappa shape index (κ1) is 16.9. The third kappa shape index (κ3) is 12.2.